The van der Waals surface area contributed by atoms with Crippen LogP contribution in [0.1, 0.15) is 17.0 Å². The molecule has 0 aliphatic carbocycles. The van der Waals surface area contributed by atoms with E-state index in [1.807, 2.05) is 30.3 Å². The Balaban J connectivity index is 2.19. The second kappa shape index (κ2) is 7.19. The minimum atomic E-state index is -3.64. The topological polar surface area (TPSA) is 72.6 Å². The fourth-order valence-electron chi connectivity index (χ4n) is 2.23. The predicted octanol–water partition coefficient (Wildman–Crippen LogP) is 2.46. The average Bonchev–Trinajstić information content (AvgIpc) is 2.54. The van der Waals surface area contributed by atoms with Crippen molar-refractivity contribution < 1.29 is 23.4 Å². The molecule has 2 aromatic carbocycles. The molecule has 2 rings (SSSR count). The molecule has 3 N–H and O–H groups in total. The van der Waals surface area contributed by atoms with Crippen molar-refractivity contribution in [3.63, 3.8) is 0 Å². The molecule has 1 atom stereocenters. The summed E-state index contributed by atoms with van der Waals surface area (Å²) in [4.78, 5) is 11.4. The van der Waals surface area contributed by atoms with E-state index in [-0.39, 0.29) is 12.2 Å². The predicted molar refractivity (Wildman–Crippen MR) is 81.2 cm³/mol. The molecule has 0 bridgehead atoms. The molecular formula is C17H17F2NO3. The zero-order chi connectivity index (χ0) is 16.9. The third kappa shape index (κ3) is 4.26. The van der Waals surface area contributed by atoms with Gasteiger partial charge in [-0.3, -0.25) is 4.79 Å². The van der Waals surface area contributed by atoms with Crippen LogP contribution in [0.3, 0.4) is 0 Å². The van der Waals surface area contributed by atoms with E-state index in [0.717, 1.165) is 5.56 Å². The fourth-order valence-corrected chi connectivity index (χ4v) is 2.23. The molecule has 1 amide bonds. The Bertz CT molecular complexity index is 662. The molecule has 0 saturated carbocycles. The molecule has 0 spiro atoms. The molecule has 0 aliphatic rings. The number of alkyl halides is 2. The van der Waals surface area contributed by atoms with Crippen LogP contribution in [0.4, 0.5) is 8.78 Å². The summed E-state index contributed by atoms with van der Waals surface area (Å²) >= 11 is 0. The van der Waals surface area contributed by atoms with Crippen LogP contribution in [-0.2, 0) is 11.4 Å². The largest absolute Gasteiger partial charge is 0.489 e. The van der Waals surface area contributed by atoms with E-state index in [0.29, 0.717) is 5.75 Å². The van der Waals surface area contributed by atoms with Gasteiger partial charge in [-0.15, -0.1) is 0 Å². The summed E-state index contributed by atoms with van der Waals surface area (Å²) < 4.78 is 33.0. The zero-order valence-corrected chi connectivity index (χ0v) is 12.3. The molecule has 2 aromatic rings. The first kappa shape index (κ1) is 16.9. The lowest BCUT2D eigenvalue weighted by molar-refractivity contribution is -0.133. The summed E-state index contributed by atoms with van der Waals surface area (Å²) in [6.07, 6.45) is 0. The van der Waals surface area contributed by atoms with Crippen LogP contribution in [0, 0.1) is 0 Å². The van der Waals surface area contributed by atoms with E-state index in [2.05, 4.69) is 0 Å². The number of rotatable bonds is 7. The normalized spacial score (nSPS) is 12.7. The maximum Gasteiger partial charge on any atom is 0.286 e. The maximum absolute atomic E-state index is 13.7. The number of hydrogen-bond donors (Lipinski definition) is 2. The molecule has 0 heterocycles. The van der Waals surface area contributed by atoms with E-state index in [4.69, 9.17) is 15.6 Å². The van der Waals surface area contributed by atoms with Crippen molar-refractivity contribution in [3.05, 3.63) is 65.7 Å². The van der Waals surface area contributed by atoms with Gasteiger partial charge < -0.3 is 15.6 Å². The molecule has 0 aromatic heterocycles. The minimum Gasteiger partial charge on any atom is -0.489 e. The molecule has 0 fully saturated rings. The van der Waals surface area contributed by atoms with Crippen LogP contribution >= 0.6 is 0 Å². The zero-order valence-electron chi connectivity index (χ0n) is 12.3. The van der Waals surface area contributed by atoms with Gasteiger partial charge in [-0.2, -0.15) is 0 Å². The van der Waals surface area contributed by atoms with Crippen molar-refractivity contribution in [1.29, 1.82) is 0 Å². The highest BCUT2D eigenvalue weighted by Crippen LogP contribution is 2.34. The Morgan fingerprint density at radius 1 is 1.17 bits per heavy atom. The number of aliphatic hydroxyl groups excluding tert-OH is 1. The second-order valence-electron chi connectivity index (χ2n) is 5.10. The summed E-state index contributed by atoms with van der Waals surface area (Å²) in [7, 11) is 0. The monoisotopic (exact) mass is 321 g/mol. The average molecular weight is 321 g/mol. The van der Waals surface area contributed by atoms with Crippen LogP contribution in [0.5, 0.6) is 5.75 Å². The molecule has 122 valence electrons. The number of ether oxygens (including phenoxy) is 1. The second-order valence-corrected chi connectivity index (χ2v) is 5.10. The summed E-state index contributed by atoms with van der Waals surface area (Å²) in [5.41, 5.74) is 6.00. The molecular weight excluding hydrogens is 304 g/mol. The van der Waals surface area contributed by atoms with Crippen LogP contribution < -0.4 is 10.5 Å². The van der Waals surface area contributed by atoms with Gasteiger partial charge in [0.25, 0.3) is 5.92 Å². The van der Waals surface area contributed by atoms with Gasteiger partial charge >= 0.3 is 0 Å². The molecule has 1 unspecified atom stereocenters. The van der Waals surface area contributed by atoms with Crippen LogP contribution in [0.25, 0.3) is 0 Å². The number of carbonyl (C=O) groups excluding carboxylic acids is 1. The number of amides is 1. The van der Waals surface area contributed by atoms with Gasteiger partial charge in [0.05, 0.1) is 0 Å². The molecule has 23 heavy (non-hydrogen) atoms. The van der Waals surface area contributed by atoms with Gasteiger partial charge in [-0.25, -0.2) is 8.78 Å². The van der Waals surface area contributed by atoms with E-state index < -0.39 is 24.4 Å². The lowest BCUT2D eigenvalue weighted by Crippen LogP contribution is -2.39. The highest BCUT2D eigenvalue weighted by molar-refractivity contribution is 5.83. The lowest BCUT2D eigenvalue weighted by atomic mass is 9.92. The van der Waals surface area contributed by atoms with Crippen LogP contribution in [0.15, 0.2) is 54.6 Å². The third-order valence-corrected chi connectivity index (χ3v) is 3.36. The first-order valence-electron chi connectivity index (χ1n) is 6.98. The van der Waals surface area contributed by atoms with Crippen molar-refractivity contribution in [1.82, 2.24) is 0 Å². The molecule has 4 nitrogen and oxygen atoms in total. The molecule has 0 radical (unpaired) electrons. The van der Waals surface area contributed by atoms with Crippen molar-refractivity contribution in [3.8, 4) is 5.75 Å². The third-order valence-electron chi connectivity index (χ3n) is 3.36. The van der Waals surface area contributed by atoms with Gasteiger partial charge in [0.1, 0.15) is 24.9 Å². The minimum absolute atomic E-state index is 0.00196. The number of aliphatic hydroxyl groups is 1. The number of hydrogen-bond acceptors (Lipinski definition) is 3. The summed E-state index contributed by atoms with van der Waals surface area (Å²) in [5.74, 6) is -6.41. The summed E-state index contributed by atoms with van der Waals surface area (Å²) in [5, 5.41) is 8.81. The molecule has 0 aliphatic heterocycles. The van der Waals surface area contributed by atoms with Gasteiger partial charge in [-0.1, -0.05) is 42.5 Å². The Kier molecular flexibility index (Phi) is 5.28. The number of nitrogens with two attached hydrogens (primary N) is 1. The number of benzene rings is 2. The van der Waals surface area contributed by atoms with Gasteiger partial charge in [0.2, 0.25) is 5.91 Å². The van der Waals surface area contributed by atoms with E-state index in [1.165, 1.54) is 18.2 Å². The first-order valence-corrected chi connectivity index (χ1v) is 6.98. The van der Waals surface area contributed by atoms with Crippen LogP contribution in [0.2, 0.25) is 0 Å². The quantitative estimate of drug-likeness (QED) is 0.823. The van der Waals surface area contributed by atoms with E-state index >= 15 is 0 Å². The number of primary amides is 1. The Morgan fingerprint density at radius 2 is 1.87 bits per heavy atom. The number of halogens is 2. The van der Waals surface area contributed by atoms with E-state index in [1.54, 1.807) is 6.07 Å². The number of carbonyl (C=O) groups is 1. The maximum atomic E-state index is 13.7. The molecule has 6 heteroatoms. The Morgan fingerprint density at radius 3 is 2.48 bits per heavy atom. The SMILES string of the molecule is NC(=O)C(c1cccc(OCc2ccccc2)c1)C(F)(F)CO. The smallest absolute Gasteiger partial charge is 0.286 e. The standard InChI is InChI=1S/C17H17F2NO3/c18-17(19,11-21)15(16(20)22)13-7-4-8-14(9-13)23-10-12-5-2-1-3-6-12/h1-9,15,21H,10-11H2,(H2,20,22). The Labute approximate surface area is 132 Å². The highest BCUT2D eigenvalue weighted by Gasteiger charge is 2.44. The Hall–Kier alpha value is -2.47. The first-order chi connectivity index (χ1) is 10.9. The van der Waals surface area contributed by atoms with Crippen molar-refractivity contribution in [2.24, 2.45) is 5.73 Å². The van der Waals surface area contributed by atoms with Gasteiger partial charge in [0.15, 0.2) is 0 Å². The van der Waals surface area contributed by atoms with Crippen LogP contribution in [-0.4, -0.2) is 23.5 Å². The lowest BCUT2D eigenvalue weighted by Gasteiger charge is -2.23. The van der Waals surface area contributed by atoms with Gasteiger partial charge in [-0.05, 0) is 23.3 Å². The molecule has 0 saturated heterocycles. The van der Waals surface area contributed by atoms with Gasteiger partial charge in [0, 0.05) is 0 Å². The van der Waals surface area contributed by atoms with E-state index in [9.17, 15) is 13.6 Å². The van der Waals surface area contributed by atoms with Crippen molar-refractivity contribution >= 4 is 5.91 Å². The highest BCUT2D eigenvalue weighted by atomic mass is 19.3. The fraction of sp³-hybridized carbons (Fsp3) is 0.235. The summed E-state index contributed by atoms with van der Waals surface area (Å²) in [6.45, 7) is -1.20. The van der Waals surface area contributed by atoms with Crippen molar-refractivity contribution in [2.75, 3.05) is 6.61 Å². The summed E-state index contributed by atoms with van der Waals surface area (Å²) in [6, 6.07) is 15.1. The van der Waals surface area contributed by atoms with Crippen molar-refractivity contribution in [2.45, 2.75) is 18.4 Å².